The summed E-state index contributed by atoms with van der Waals surface area (Å²) in [6.45, 7) is 0.305. The van der Waals surface area contributed by atoms with Gasteiger partial charge in [-0.1, -0.05) is 23.7 Å². The van der Waals surface area contributed by atoms with Gasteiger partial charge >= 0.3 is 0 Å². The Morgan fingerprint density at radius 2 is 1.63 bits per heavy atom. The van der Waals surface area contributed by atoms with Crippen molar-refractivity contribution in [2.45, 2.75) is 6.54 Å². The summed E-state index contributed by atoms with van der Waals surface area (Å²) in [7, 11) is 1.59. The van der Waals surface area contributed by atoms with Crippen molar-refractivity contribution in [2.75, 3.05) is 12.4 Å². The average Bonchev–Trinajstić information content (AvgIpc) is 2.68. The fourth-order valence-corrected chi connectivity index (χ4v) is 2.95. The zero-order chi connectivity index (χ0) is 21.8. The quantitative estimate of drug-likeness (QED) is 0.608. The number of halogens is 3. The Balaban J connectivity index is 1.71. The predicted molar refractivity (Wildman–Crippen MR) is 110 cm³/mol. The van der Waals surface area contributed by atoms with Crippen LogP contribution in [0.25, 0.3) is 0 Å². The number of anilines is 1. The number of benzene rings is 3. The Kier molecular flexibility index (Phi) is 6.32. The van der Waals surface area contributed by atoms with Crippen LogP contribution in [-0.2, 0) is 6.54 Å². The third-order valence-electron chi connectivity index (χ3n) is 4.29. The van der Waals surface area contributed by atoms with Crippen molar-refractivity contribution >= 4 is 29.1 Å². The highest BCUT2D eigenvalue weighted by Gasteiger charge is 2.17. The summed E-state index contributed by atoms with van der Waals surface area (Å²) in [5, 5.41) is 13.3. The number of amides is 2. The number of aromatic hydroxyl groups is 1. The summed E-state index contributed by atoms with van der Waals surface area (Å²) < 4.78 is 26.6. The molecule has 0 radical (unpaired) electrons. The lowest BCUT2D eigenvalue weighted by atomic mass is 10.1. The van der Waals surface area contributed by atoms with E-state index in [1.54, 1.807) is 31.3 Å². The van der Waals surface area contributed by atoms with E-state index in [9.17, 15) is 23.5 Å². The highest BCUT2D eigenvalue weighted by molar-refractivity contribution is 6.30. The molecular weight excluding hydrogens is 414 g/mol. The fourth-order valence-electron chi connectivity index (χ4n) is 2.82. The van der Waals surface area contributed by atoms with Gasteiger partial charge in [-0.25, -0.2) is 8.78 Å². The first-order valence-corrected chi connectivity index (χ1v) is 9.21. The molecule has 2 amide bonds. The summed E-state index contributed by atoms with van der Waals surface area (Å²) in [4.78, 5) is 26.2. The molecule has 0 saturated heterocycles. The molecule has 0 aliphatic heterocycles. The van der Waals surface area contributed by atoms with Gasteiger partial charge in [0.1, 0.15) is 17.4 Å². The van der Waals surface area contributed by atoms with Crippen LogP contribution >= 0.6 is 11.6 Å². The first-order chi connectivity index (χ1) is 14.2. The molecule has 154 valence electrons. The van der Waals surface area contributed by atoms with Gasteiger partial charge in [0.15, 0.2) is 0 Å². The molecule has 3 aromatic carbocycles. The minimum absolute atomic E-state index is 0.0428. The Hall–Kier alpha value is -3.45. The van der Waals surface area contributed by atoms with Crippen LogP contribution in [0.15, 0.2) is 60.7 Å². The lowest BCUT2D eigenvalue weighted by Crippen LogP contribution is -2.26. The highest BCUT2D eigenvalue weighted by Crippen LogP contribution is 2.24. The van der Waals surface area contributed by atoms with Crippen molar-refractivity contribution in [1.29, 1.82) is 0 Å². The van der Waals surface area contributed by atoms with E-state index in [1.807, 2.05) is 0 Å². The van der Waals surface area contributed by atoms with Crippen molar-refractivity contribution in [3.8, 4) is 5.75 Å². The molecule has 0 aromatic heterocycles. The molecule has 2 N–H and O–H groups in total. The minimum Gasteiger partial charge on any atom is -0.507 e. The zero-order valence-corrected chi connectivity index (χ0v) is 16.6. The predicted octanol–water partition coefficient (Wildman–Crippen LogP) is 4.85. The number of rotatable bonds is 5. The van der Waals surface area contributed by atoms with Crippen LogP contribution in [0.2, 0.25) is 5.02 Å². The molecule has 5 nitrogen and oxygen atoms in total. The molecular formula is C22H17ClF2N2O3. The number of nitrogens with zero attached hydrogens (tertiary/aromatic N) is 1. The van der Waals surface area contributed by atoms with Gasteiger partial charge < -0.3 is 15.3 Å². The molecule has 8 heteroatoms. The molecule has 30 heavy (non-hydrogen) atoms. The van der Waals surface area contributed by atoms with Gasteiger partial charge in [0, 0.05) is 42.0 Å². The Morgan fingerprint density at radius 3 is 2.23 bits per heavy atom. The number of phenolic OH excluding ortho intramolecular Hbond substituents is 1. The maximum absolute atomic E-state index is 13.3. The molecule has 0 fully saturated rings. The summed E-state index contributed by atoms with van der Waals surface area (Å²) in [6, 6.07) is 13.4. The Labute approximate surface area is 176 Å². The minimum atomic E-state index is -0.882. The standard InChI is InChI=1S/C22H17ClF2N2O3/c1-27(12-13-2-4-15(23)5-3-13)22(30)19-7-6-18(11-20(19)28)26-21(29)14-8-16(24)10-17(25)9-14/h2-11,28H,12H2,1H3,(H,26,29). The normalized spacial score (nSPS) is 10.5. The molecule has 0 saturated carbocycles. The molecule has 0 unspecified atom stereocenters. The SMILES string of the molecule is CN(Cc1ccc(Cl)cc1)C(=O)c1ccc(NC(=O)c2cc(F)cc(F)c2)cc1O. The molecule has 0 heterocycles. The van der Waals surface area contributed by atoms with Crippen LogP contribution < -0.4 is 5.32 Å². The van der Waals surface area contributed by atoms with Crippen molar-refractivity contribution in [3.05, 3.63) is 94.0 Å². The summed E-state index contributed by atoms with van der Waals surface area (Å²) >= 11 is 5.85. The number of hydrogen-bond acceptors (Lipinski definition) is 3. The summed E-state index contributed by atoms with van der Waals surface area (Å²) in [5.41, 5.74) is 0.858. The lowest BCUT2D eigenvalue weighted by Gasteiger charge is -2.18. The fraction of sp³-hybridized carbons (Fsp3) is 0.0909. The Morgan fingerprint density at radius 1 is 1.00 bits per heavy atom. The largest absolute Gasteiger partial charge is 0.507 e. The van der Waals surface area contributed by atoms with E-state index >= 15 is 0 Å². The molecule has 0 spiro atoms. The second-order valence-electron chi connectivity index (χ2n) is 6.63. The first-order valence-electron chi connectivity index (χ1n) is 8.83. The second kappa shape index (κ2) is 8.92. The van der Waals surface area contributed by atoms with Gasteiger partial charge in [-0.3, -0.25) is 9.59 Å². The maximum atomic E-state index is 13.3. The zero-order valence-electron chi connectivity index (χ0n) is 15.8. The molecule has 3 aromatic rings. The number of carbonyl (C=O) groups is 2. The molecule has 3 rings (SSSR count). The monoisotopic (exact) mass is 430 g/mol. The summed E-state index contributed by atoms with van der Waals surface area (Å²) in [6.07, 6.45) is 0. The number of carbonyl (C=O) groups excluding carboxylic acids is 2. The highest BCUT2D eigenvalue weighted by atomic mass is 35.5. The van der Waals surface area contributed by atoms with E-state index in [0.29, 0.717) is 17.6 Å². The summed E-state index contributed by atoms with van der Waals surface area (Å²) in [5.74, 6) is -3.29. The third kappa shape index (κ3) is 5.12. The van der Waals surface area contributed by atoms with Gasteiger partial charge in [-0.15, -0.1) is 0 Å². The lowest BCUT2D eigenvalue weighted by molar-refractivity contribution is 0.0782. The van der Waals surface area contributed by atoms with Gasteiger partial charge in [-0.2, -0.15) is 0 Å². The van der Waals surface area contributed by atoms with Crippen molar-refractivity contribution in [1.82, 2.24) is 4.90 Å². The van der Waals surface area contributed by atoms with Crippen LogP contribution in [0.5, 0.6) is 5.75 Å². The van der Waals surface area contributed by atoms with Crippen LogP contribution in [0.1, 0.15) is 26.3 Å². The van der Waals surface area contributed by atoms with Crippen molar-refractivity contribution in [3.63, 3.8) is 0 Å². The maximum Gasteiger partial charge on any atom is 0.257 e. The van der Waals surface area contributed by atoms with Crippen LogP contribution in [-0.4, -0.2) is 28.9 Å². The number of nitrogens with one attached hydrogen (secondary N) is 1. The van der Waals surface area contributed by atoms with Gasteiger partial charge in [-0.05, 0) is 42.0 Å². The molecule has 0 aliphatic carbocycles. The molecule has 0 atom stereocenters. The third-order valence-corrected chi connectivity index (χ3v) is 4.54. The van der Waals surface area contributed by atoms with Crippen LogP contribution in [0.4, 0.5) is 14.5 Å². The van der Waals surface area contributed by atoms with Crippen molar-refractivity contribution in [2.24, 2.45) is 0 Å². The topological polar surface area (TPSA) is 69.6 Å². The van der Waals surface area contributed by atoms with Gasteiger partial charge in [0.2, 0.25) is 0 Å². The smallest absolute Gasteiger partial charge is 0.257 e. The van der Waals surface area contributed by atoms with E-state index in [-0.39, 0.29) is 22.6 Å². The van der Waals surface area contributed by atoms with E-state index in [4.69, 9.17) is 11.6 Å². The second-order valence-corrected chi connectivity index (χ2v) is 7.07. The number of hydrogen-bond donors (Lipinski definition) is 2. The van der Waals surface area contributed by atoms with Gasteiger partial charge in [0.25, 0.3) is 11.8 Å². The first kappa shape index (κ1) is 21.3. The van der Waals surface area contributed by atoms with Crippen molar-refractivity contribution < 1.29 is 23.5 Å². The van der Waals surface area contributed by atoms with E-state index in [2.05, 4.69) is 5.32 Å². The van der Waals surface area contributed by atoms with Crippen LogP contribution in [0, 0.1) is 11.6 Å². The van der Waals surface area contributed by atoms with Gasteiger partial charge in [0.05, 0.1) is 5.56 Å². The van der Waals surface area contributed by atoms with E-state index < -0.39 is 23.4 Å². The molecule has 0 bridgehead atoms. The Bertz CT molecular complexity index is 1080. The van der Waals surface area contributed by atoms with E-state index in [0.717, 1.165) is 17.7 Å². The van der Waals surface area contributed by atoms with E-state index in [1.165, 1.54) is 23.1 Å². The number of phenols is 1. The average molecular weight is 431 g/mol. The molecule has 0 aliphatic rings. The van der Waals surface area contributed by atoms with Crippen LogP contribution in [0.3, 0.4) is 0 Å².